The van der Waals surface area contributed by atoms with Crippen LogP contribution in [0.3, 0.4) is 0 Å². The zero-order chi connectivity index (χ0) is 12.4. The molecule has 1 aromatic rings. The van der Waals surface area contributed by atoms with Gasteiger partial charge in [0.25, 0.3) is 5.91 Å². The summed E-state index contributed by atoms with van der Waals surface area (Å²) in [6.07, 6.45) is 1.98. The Kier molecular flexibility index (Phi) is 4.20. The first-order chi connectivity index (χ1) is 8.09. The molecule has 0 aromatic carbocycles. The van der Waals surface area contributed by atoms with Gasteiger partial charge in [-0.3, -0.25) is 4.79 Å². The molecule has 0 N–H and O–H groups in total. The fraction of sp³-hybridized carbons (Fsp3) is 0.583. The Balaban J connectivity index is 2.23. The maximum Gasteiger partial charge on any atom is 0.270 e. The lowest BCUT2D eigenvalue weighted by Gasteiger charge is -2.27. The number of hydrogen-bond acceptors (Lipinski definition) is 2. The molecule has 2 rings (SSSR count). The first-order valence-electron chi connectivity index (χ1n) is 5.84. The minimum absolute atomic E-state index is 0.157. The molecule has 2 heterocycles. The van der Waals surface area contributed by atoms with Gasteiger partial charge in [-0.1, -0.05) is 0 Å². The molecule has 17 heavy (non-hydrogen) atoms. The van der Waals surface area contributed by atoms with Crippen molar-refractivity contribution in [1.82, 2.24) is 9.47 Å². The van der Waals surface area contributed by atoms with Crippen LogP contribution < -0.4 is 0 Å². The molecule has 0 unspecified atom stereocenters. The van der Waals surface area contributed by atoms with Crippen LogP contribution in [0.2, 0.25) is 0 Å². The molecule has 1 aliphatic rings. The number of amides is 1. The lowest BCUT2D eigenvalue weighted by Crippen LogP contribution is -2.38. The predicted octanol–water partition coefficient (Wildman–Crippen LogP) is 3.02. The summed E-state index contributed by atoms with van der Waals surface area (Å²) in [5.41, 5.74) is 0.791. The molecule has 94 valence electrons. The highest BCUT2D eigenvalue weighted by molar-refractivity contribution is 9.10. The fourth-order valence-corrected chi connectivity index (χ4v) is 3.31. The van der Waals surface area contributed by atoms with Crippen LogP contribution >= 0.6 is 27.7 Å². The van der Waals surface area contributed by atoms with Gasteiger partial charge in [0.2, 0.25) is 0 Å². The predicted molar refractivity (Wildman–Crippen MR) is 75.7 cm³/mol. The van der Waals surface area contributed by atoms with Crippen LogP contribution in [-0.2, 0) is 0 Å². The van der Waals surface area contributed by atoms with Crippen molar-refractivity contribution in [3.8, 4) is 0 Å². The van der Waals surface area contributed by atoms with Crippen LogP contribution in [0.25, 0.3) is 0 Å². The molecule has 0 radical (unpaired) electrons. The summed E-state index contributed by atoms with van der Waals surface area (Å²) in [6.45, 7) is 5.92. The van der Waals surface area contributed by atoms with E-state index in [1.54, 1.807) is 0 Å². The lowest BCUT2D eigenvalue weighted by atomic mass is 10.3. The second-order valence-electron chi connectivity index (χ2n) is 4.45. The Morgan fingerprint density at radius 3 is 2.65 bits per heavy atom. The molecule has 0 aliphatic carbocycles. The van der Waals surface area contributed by atoms with E-state index in [4.69, 9.17) is 0 Å². The van der Waals surface area contributed by atoms with Crippen molar-refractivity contribution in [3.05, 3.63) is 22.4 Å². The number of nitrogens with zero attached hydrogens (tertiary/aromatic N) is 2. The number of halogens is 1. The number of thioether (sulfide) groups is 1. The summed E-state index contributed by atoms with van der Waals surface area (Å²) in [7, 11) is 0. The van der Waals surface area contributed by atoms with Crippen molar-refractivity contribution in [2.75, 3.05) is 24.6 Å². The van der Waals surface area contributed by atoms with E-state index in [2.05, 4.69) is 29.8 Å². The van der Waals surface area contributed by atoms with Crippen molar-refractivity contribution in [2.24, 2.45) is 0 Å². The molecule has 0 atom stereocenters. The van der Waals surface area contributed by atoms with Crippen molar-refractivity contribution in [3.63, 3.8) is 0 Å². The van der Waals surface area contributed by atoms with Crippen LogP contribution in [0.4, 0.5) is 0 Å². The third-order valence-electron chi connectivity index (χ3n) is 2.89. The van der Waals surface area contributed by atoms with Gasteiger partial charge in [-0.25, -0.2) is 0 Å². The Morgan fingerprint density at radius 1 is 1.41 bits per heavy atom. The van der Waals surface area contributed by atoms with Crippen LogP contribution in [0, 0.1) is 0 Å². The van der Waals surface area contributed by atoms with Gasteiger partial charge in [0.15, 0.2) is 0 Å². The topological polar surface area (TPSA) is 25.2 Å². The van der Waals surface area contributed by atoms with Crippen molar-refractivity contribution < 1.29 is 4.79 Å². The largest absolute Gasteiger partial charge is 0.340 e. The second kappa shape index (κ2) is 5.48. The Bertz CT molecular complexity index is 411. The first kappa shape index (κ1) is 13.0. The van der Waals surface area contributed by atoms with Gasteiger partial charge >= 0.3 is 0 Å². The van der Waals surface area contributed by atoms with Crippen molar-refractivity contribution >= 4 is 33.6 Å². The monoisotopic (exact) mass is 316 g/mol. The van der Waals surface area contributed by atoms with Gasteiger partial charge in [0.05, 0.1) is 0 Å². The minimum atomic E-state index is 0.157. The molecule has 1 fully saturated rings. The van der Waals surface area contributed by atoms with Gasteiger partial charge in [-0.2, -0.15) is 11.8 Å². The Hall–Kier alpha value is -0.420. The first-order valence-corrected chi connectivity index (χ1v) is 7.78. The molecular formula is C12H17BrN2OS. The quantitative estimate of drug-likeness (QED) is 0.838. The van der Waals surface area contributed by atoms with E-state index in [0.717, 1.165) is 34.8 Å². The standard InChI is InChI=1S/C12H17BrN2OS/c1-9(2)15-8-10(13)7-11(15)12(16)14-3-5-17-6-4-14/h7-9H,3-6H2,1-2H3. The maximum atomic E-state index is 12.4. The second-order valence-corrected chi connectivity index (χ2v) is 6.59. The molecule has 0 bridgehead atoms. The number of rotatable bonds is 2. The van der Waals surface area contributed by atoms with Gasteiger partial charge in [-0.05, 0) is 35.8 Å². The molecule has 0 saturated carbocycles. The van der Waals surface area contributed by atoms with Gasteiger partial charge < -0.3 is 9.47 Å². The van der Waals surface area contributed by atoms with Crippen LogP contribution in [0.1, 0.15) is 30.4 Å². The summed E-state index contributed by atoms with van der Waals surface area (Å²) in [4.78, 5) is 14.4. The zero-order valence-corrected chi connectivity index (χ0v) is 12.6. The highest BCUT2D eigenvalue weighted by Gasteiger charge is 2.22. The summed E-state index contributed by atoms with van der Waals surface area (Å²) in [5, 5.41) is 0. The average Bonchev–Trinajstić information content (AvgIpc) is 2.72. The lowest BCUT2D eigenvalue weighted by molar-refractivity contribution is 0.0760. The summed E-state index contributed by atoms with van der Waals surface area (Å²) in [5.74, 6) is 2.26. The van der Waals surface area contributed by atoms with Crippen molar-refractivity contribution in [1.29, 1.82) is 0 Å². The summed E-state index contributed by atoms with van der Waals surface area (Å²) in [6, 6.07) is 2.23. The third kappa shape index (κ3) is 2.88. The van der Waals surface area contributed by atoms with Crippen LogP contribution in [0.15, 0.2) is 16.7 Å². The van der Waals surface area contributed by atoms with E-state index in [0.29, 0.717) is 6.04 Å². The normalized spacial score (nSPS) is 16.6. The van der Waals surface area contributed by atoms with E-state index in [1.165, 1.54) is 0 Å². The third-order valence-corrected chi connectivity index (χ3v) is 4.27. The van der Waals surface area contributed by atoms with E-state index in [1.807, 2.05) is 33.5 Å². The molecule has 0 spiro atoms. The minimum Gasteiger partial charge on any atom is -0.340 e. The van der Waals surface area contributed by atoms with Crippen molar-refractivity contribution in [2.45, 2.75) is 19.9 Å². The van der Waals surface area contributed by atoms with Crippen LogP contribution in [0.5, 0.6) is 0 Å². The number of hydrogen-bond donors (Lipinski definition) is 0. The fourth-order valence-electron chi connectivity index (χ4n) is 1.97. The number of aromatic nitrogens is 1. The van der Waals surface area contributed by atoms with E-state index >= 15 is 0 Å². The molecule has 1 aliphatic heterocycles. The summed E-state index contributed by atoms with van der Waals surface area (Å²) >= 11 is 5.36. The zero-order valence-electron chi connectivity index (χ0n) is 10.1. The maximum absolute atomic E-state index is 12.4. The number of carbonyl (C=O) groups is 1. The van der Waals surface area contributed by atoms with Gasteiger partial charge in [-0.15, -0.1) is 0 Å². The van der Waals surface area contributed by atoms with Gasteiger partial charge in [0.1, 0.15) is 5.69 Å². The average molecular weight is 317 g/mol. The highest BCUT2D eigenvalue weighted by Crippen LogP contribution is 2.22. The number of carbonyl (C=O) groups excluding carboxylic acids is 1. The molecule has 1 saturated heterocycles. The van der Waals surface area contributed by atoms with Crippen LogP contribution in [-0.4, -0.2) is 40.0 Å². The summed E-state index contributed by atoms with van der Waals surface area (Å²) < 4.78 is 3.01. The van der Waals surface area contributed by atoms with E-state index in [9.17, 15) is 4.79 Å². The van der Waals surface area contributed by atoms with E-state index in [-0.39, 0.29) is 5.91 Å². The molecule has 5 heteroatoms. The Morgan fingerprint density at radius 2 is 2.06 bits per heavy atom. The molecule has 3 nitrogen and oxygen atoms in total. The molecule has 1 amide bonds. The Labute approximate surface area is 115 Å². The molecular weight excluding hydrogens is 300 g/mol. The SMILES string of the molecule is CC(C)n1cc(Br)cc1C(=O)N1CCSCC1. The molecule has 1 aromatic heterocycles. The smallest absolute Gasteiger partial charge is 0.270 e. The van der Waals surface area contributed by atoms with E-state index < -0.39 is 0 Å². The highest BCUT2D eigenvalue weighted by atomic mass is 79.9. The van der Waals surface area contributed by atoms with Gasteiger partial charge in [0, 0.05) is 41.3 Å².